The zero-order valence-corrected chi connectivity index (χ0v) is 13.7. The van der Waals surface area contributed by atoms with E-state index in [4.69, 9.17) is 4.74 Å². The Kier molecular flexibility index (Phi) is 5.35. The molecule has 0 spiro atoms. The summed E-state index contributed by atoms with van der Waals surface area (Å²) in [5.74, 6) is 0.946. The Balaban J connectivity index is 1.49. The van der Waals surface area contributed by atoms with Crippen LogP contribution < -0.4 is 0 Å². The maximum Gasteiger partial charge on any atom is 0.183 e. The lowest BCUT2D eigenvalue weighted by Crippen LogP contribution is -1.98. The average molecular weight is 309 g/mol. The van der Waals surface area contributed by atoms with Crippen LogP contribution in [0.4, 0.5) is 0 Å². The number of aromatic nitrogens is 2. The molecule has 0 atom stereocenters. The lowest BCUT2D eigenvalue weighted by Gasteiger charge is -2.05. The van der Waals surface area contributed by atoms with E-state index in [2.05, 4.69) is 40.1 Å². The molecule has 0 aromatic carbocycles. The highest BCUT2D eigenvalue weighted by Gasteiger charge is 2.06. The molecule has 0 aliphatic carbocycles. The Labute approximate surface area is 137 Å². The summed E-state index contributed by atoms with van der Waals surface area (Å²) in [6.45, 7) is 3.68. The molecule has 4 heteroatoms. The molecular weight excluding hydrogens is 286 g/mol. The van der Waals surface area contributed by atoms with Crippen LogP contribution in [0.5, 0.6) is 0 Å². The first-order valence-corrected chi connectivity index (χ1v) is 8.35. The van der Waals surface area contributed by atoms with Crippen molar-refractivity contribution >= 4 is 5.90 Å². The SMILES string of the molecule is Cc1ccnc(-c2cc(CCCCCC3=NCCO3)ccn2)c1. The predicted molar refractivity (Wildman–Crippen MR) is 92.6 cm³/mol. The molecule has 1 aliphatic rings. The molecule has 4 nitrogen and oxygen atoms in total. The molecule has 0 N–H and O–H groups in total. The van der Waals surface area contributed by atoms with E-state index >= 15 is 0 Å². The fourth-order valence-corrected chi connectivity index (χ4v) is 2.76. The third-order valence-electron chi connectivity index (χ3n) is 4.01. The van der Waals surface area contributed by atoms with Crippen LogP contribution in [0.3, 0.4) is 0 Å². The molecule has 0 saturated carbocycles. The maximum atomic E-state index is 5.43. The van der Waals surface area contributed by atoms with Crippen molar-refractivity contribution in [3.8, 4) is 11.4 Å². The van der Waals surface area contributed by atoms with Gasteiger partial charge in [0, 0.05) is 18.8 Å². The first-order valence-electron chi connectivity index (χ1n) is 8.35. The standard InChI is InChI=1S/C19H23N3O/c1-15-7-9-20-17(13-15)18-14-16(8-10-21-18)5-3-2-4-6-19-22-11-12-23-19/h7-10,13-14H,2-6,11-12H2,1H3. The van der Waals surface area contributed by atoms with Gasteiger partial charge in [-0.05, 0) is 61.6 Å². The van der Waals surface area contributed by atoms with Crippen LogP contribution in [-0.2, 0) is 11.2 Å². The summed E-state index contributed by atoms with van der Waals surface area (Å²) in [6, 6.07) is 8.34. The summed E-state index contributed by atoms with van der Waals surface area (Å²) in [4.78, 5) is 13.2. The van der Waals surface area contributed by atoms with E-state index in [-0.39, 0.29) is 0 Å². The number of ether oxygens (including phenoxy) is 1. The molecule has 1 aliphatic heterocycles. The van der Waals surface area contributed by atoms with Gasteiger partial charge in [0.2, 0.25) is 0 Å². The van der Waals surface area contributed by atoms with Gasteiger partial charge >= 0.3 is 0 Å². The Morgan fingerprint density at radius 3 is 2.52 bits per heavy atom. The van der Waals surface area contributed by atoms with Gasteiger partial charge in [-0.1, -0.05) is 6.42 Å². The van der Waals surface area contributed by atoms with Crippen molar-refractivity contribution in [1.29, 1.82) is 0 Å². The predicted octanol–water partition coefficient (Wildman–Crippen LogP) is 3.98. The third kappa shape index (κ3) is 4.62. The van der Waals surface area contributed by atoms with Crippen molar-refractivity contribution in [2.45, 2.75) is 39.0 Å². The summed E-state index contributed by atoms with van der Waals surface area (Å²) in [5, 5.41) is 0. The molecule has 3 heterocycles. The minimum absolute atomic E-state index is 0.766. The van der Waals surface area contributed by atoms with E-state index in [9.17, 15) is 0 Å². The number of unbranched alkanes of at least 4 members (excludes halogenated alkanes) is 2. The van der Waals surface area contributed by atoms with E-state index in [1.807, 2.05) is 18.5 Å². The number of pyridine rings is 2. The van der Waals surface area contributed by atoms with E-state index < -0.39 is 0 Å². The number of aliphatic imine (C=N–C) groups is 1. The number of nitrogens with zero attached hydrogens (tertiary/aromatic N) is 3. The highest BCUT2D eigenvalue weighted by molar-refractivity contribution is 5.77. The Morgan fingerprint density at radius 2 is 1.74 bits per heavy atom. The summed E-state index contributed by atoms with van der Waals surface area (Å²) in [6.07, 6.45) is 9.31. The van der Waals surface area contributed by atoms with Crippen LogP contribution in [0.2, 0.25) is 0 Å². The van der Waals surface area contributed by atoms with Crippen molar-refractivity contribution in [3.05, 3.63) is 47.8 Å². The molecule has 0 radical (unpaired) electrons. The first kappa shape index (κ1) is 15.7. The minimum Gasteiger partial charge on any atom is -0.479 e. The van der Waals surface area contributed by atoms with E-state index in [1.165, 1.54) is 24.0 Å². The van der Waals surface area contributed by atoms with Gasteiger partial charge in [0.1, 0.15) is 6.61 Å². The van der Waals surface area contributed by atoms with Gasteiger partial charge in [-0.2, -0.15) is 0 Å². The number of rotatable bonds is 7. The van der Waals surface area contributed by atoms with Gasteiger partial charge < -0.3 is 4.74 Å². The van der Waals surface area contributed by atoms with Gasteiger partial charge in [0.25, 0.3) is 0 Å². The summed E-state index contributed by atoms with van der Waals surface area (Å²) >= 11 is 0. The van der Waals surface area contributed by atoms with Crippen LogP contribution in [0.1, 0.15) is 36.8 Å². The van der Waals surface area contributed by atoms with Crippen molar-refractivity contribution in [2.24, 2.45) is 4.99 Å². The van der Waals surface area contributed by atoms with Crippen LogP contribution in [-0.4, -0.2) is 29.0 Å². The van der Waals surface area contributed by atoms with Gasteiger partial charge in [0.05, 0.1) is 17.9 Å². The lowest BCUT2D eigenvalue weighted by atomic mass is 10.1. The molecular formula is C19H23N3O. The third-order valence-corrected chi connectivity index (χ3v) is 4.01. The largest absolute Gasteiger partial charge is 0.479 e. The smallest absolute Gasteiger partial charge is 0.183 e. The monoisotopic (exact) mass is 309 g/mol. The van der Waals surface area contributed by atoms with E-state index in [0.717, 1.165) is 49.7 Å². The zero-order valence-electron chi connectivity index (χ0n) is 13.7. The number of hydrogen-bond donors (Lipinski definition) is 0. The van der Waals surface area contributed by atoms with Crippen molar-refractivity contribution in [1.82, 2.24) is 9.97 Å². The van der Waals surface area contributed by atoms with Crippen LogP contribution >= 0.6 is 0 Å². The highest BCUT2D eigenvalue weighted by Crippen LogP contribution is 2.18. The van der Waals surface area contributed by atoms with Crippen LogP contribution in [0.25, 0.3) is 11.4 Å². The van der Waals surface area contributed by atoms with Gasteiger partial charge in [-0.3, -0.25) is 15.0 Å². The molecule has 0 amide bonds. The Morgan fingerprint density at radius 1 is 0.957 bits per heavy atom. The Bertz CT molecular complexity index is 682. The highest BCUT2D eigenvalue weighted by atomic mass is 16.5. The lowest BCUT2D eigenvalue weighted by molar-refractivity contribution is 0.336. The maximum absolute atomic E-state index is 5.43. The molecule has 0 fully saturated rings. The normalized spacial score (nSPS) is 13.7. The molecule has 2 aromatic heterocycles. The number of hydrogen-bond acceptors (Lipinski definition) is 4. The summed E-state index contributed by atoms with van der Waals surface area (Å²) in [5.41, 5.74) is 4.44. The summed E-state index contributed by atoms with van der Waals surface area (Å²) in [7, 11) is 0. The average Bonchev–Trinajstić information content (AvgIpc) is 3.08. The molecule has 0 saturated heterocycles. The topological polar surface area (TPSA) is 47.4 Å². The quantitative estimate of drug-likeness (QED) is 0.727. The first-order chi connectivity index (χ1) is 11.3. The van der Waals surface area contributed by atoms with Crippen molar-refractivity contribution < 1.29 is 4.74 Å². The second-order valence-corrected chi connectivity index (χ2v) is 5.95. The van der Waals surface area contributed by atoms with Crippen molar-refractivity contribution in [2.75, 3.05) is 13.2 Å². The van der Waals surface area contributed by atoms with Crippen LogP contribution in [0, 0.1) is 6.92 Å². The van der Waals surface area contributed by atoms with Crippen molar-refractivity contribution in [3.63, 3.8) is 0 Å². The van der Waals surface area contributed by atoms with E-state index in [0.29, 0.717) is 0 Å². The fourth-order valence-electron chi connectivity index (χ4n) is 2.76. The second kappa shape index (κ2) is 7.86. The summed E-state index contributed by atoms with van der Waals surface area (Å²) < 4.78 is 5.43. The van der Waals surface area contributed by atoms with E-state index in [1.54, 1.807) is 0 Å². The molecule has 0 bridgehead atoms. The Hall–Kier alpha value is -2.23. The molecule has 3 rings (SSSR count). The molecule has 0 unspecified atom stereocenters. The number of aryl methyl sites for hydroxylation is 2. The second-order valence-electron chi connectivity index (χ2n) is 5.95. The molecule has 120 valence electrons. The molecule has 2 aromatic rings. The van der Waals surface area contributed by atoms with Gasteiger partial charge in [-0.25, -0.2) is 0 Å². The van der Waals surface area contributed by atoms with Gasteiger partial charge in [0.15, 0.2) is 5.90 Å². The molecule has 23 heavy (non-hydrogen) atoms. The van der Waals surface area contributed by atoms with Gasteiger partial charge in [-0.15, -0.1) is 0 Å². The zero-order chi connectivity index (χ0) is 15.9. The fraction of sp³-hybridized carbons (Fsp3) is 0.421. The van der Waals surface area contributed by atoms with Crippen LogP contribution in [0.15, 0.2) is 41.7 Å². The minimum atomic E-state index is 0.766.